The zero-order valence-electron chi connectivity index (χ0n) is 9.27. The largest absolute Gasteiger partial charge is 0.387 e. The highest BCUT2D eigenvalue weighted by Crippen LogP contribution is 2.24. The van der Waals surface area contributed by atoms with Crippen molar-refractivity contribution in [1.82, 2.24) is 14.9 Å². The molecule has 0 spiro atoms. The van der Waals surface area contributed by atoms with E-state index in [1.807, 2.05) is 17.7 Å². The van der Waals surface area contributed by atoms with Crippen LogP contribution in [0.5, 0.6) is 0 Å². The fraction of sp³-hybridized carbons (Fsp3) is 0.417. The number of hydrogen-bond donors (Lipinski definition) is 2. The van der Waals surface area contributed by atoms with Gasteiger partial charge in [-0.2, -0.15) is 0 Å². The summed E-state index contributed by atoms with van der Waals surface area (Å²) in [5, 5.41) is 14.4. The third-order valence-electron chi connectivity index (χ3n) is 3.24. The molecule has 2 aromatic heterocycles. The molecule has 0 radical (unpaired) electrons. The fourth-order valence-corrected chi connectivity index (χ4v) is 2.33. The number of aliphatic hydroxyl groups is 1. The molecule has 0 atom stereocenters. The number of hydrogen-bond acceptors (Lipinski definition) is 3. The van der Waals surface area contributed by atoms with Crippen molar-refractivity contribution in [3.63, 3.8) is 0 Å². The SMILES string of the molecule is Cn1cc(CC2(O)CNC2)c2cccnc21. The van der Waals surface area contributed by atoms with Gasteiger partial charge in [0.2, 0.25) is 0 Å². The average Bonchev–Trinajstić information content (AvgIpc) is 2.55. The van der Waals surface area contributed by atoms with Gasteiger partial charge in [-0.25, -0.2) is 4.98 Å². The Kier molecular flexibility index (Phi) is 2.02. The number of aryl methyl sites for hydroxylation is 1. The summed E-state index contributed by atoms with van der Waals surface area (Å²) < 4.78 is 2.01. The van der Waals surface area contributed by atoms with Crippen LogP contribution in [0.15, 0.2) is 24.5 Å². The van der Waals surface area contributed by atoms with E-state index in [1.165, 1.54) is 5.56 Å². The Hall–Kier alpha value is -1.39. The zero-order chi connectivity index (χ0) is 11.2. The fourth-order valence-electron chi connectivity index (χ4n) is 2.33. The molecular weight excluding hydrogens is 202 g/mol. The molecule has 0 saturated carbocycles. The third kappa shape index (κ3) is 1.42. The lowest BCUT2D eigenvalue weighted by atomic mass is 9.89. The van der Waals surface area contributed by atoms with E-state index in [0.717, 1.165) is 11.0 Å². The van der Waals surface area contributed by atoms with Crippen LogP contribution < -0.4 is 5.32 Å². The highest BCUT2D eigenvalue weighted by molar-refractivity contribution is 5.80. The van der Waals surface area contributed by atoms with Gasteiger partial charge < -0.3 is 15.0 Å². The zero-order valence-corrected chi connectivity index (χ0v) is 9.27. The van der Waals surface area contributed by atoms with Gasteiger partial charge in [0.1, 0.15) is 5.65 Å². The smallest absolute Gasteiger partial charge is 0.139 e. The second-order valence-electron chi connectivity index (χ2n) is 4.64. The molecule has 3 heterocycles. The number of nitrogens with zero attached hydrogens (tertiary/aromatic N) is 2. The number of aromatic nitrogens is 2. The second kappa shape index (κ2) is 3.30. The maximum absolute atomic E-state index is 10.1. The molecule has 4 heteroatoms. The third-order valence-corrected chi connectivity index (χ3v) is 3.24. The summed E-state index contributed by atoms with van der Waals surface area (Å²) in [7, 11) is 1.99. The first-order valence-electron chi connectivity index (χ1n) is 5.50. The Morgan fingerprint density at radius 1 is 1.56 bits per heavy atom. The first-order valence-corrected chi connectivity index (χ1v) is 5.50. The van der Waals surface area contributed by atoms with E-state index in [4.69, 9.17) is 0 Å². The molecule has 84 valence electrons. The summed E-state index contributed by atoms with van der Waals surface area (Å²) >= 11 is 0. The van der Waals surface area contributed by atoms with E-state index in [9.17, 15) is 5.11 Å². The van der Waals surface area contributed by atoms with E-state index in [2.05, 4.69) is 22.6 Å². The van der Waals surface area contributed by atoms with Crippen molar-refractivity contribution in [2.45, 2.75) is 12.0 Å². The lowest BCUT2D eigenvalue weighted by Gasteiger charge is -2.37. The first kappa shape index (κ1) is 9.81. The van der Waals surface area contributed by atoms with Gasteiger partial charge >= 0.3 is 0 Å². The van der Waals surface area contributed by atoms with Gasteiger partial charge in [-0.15, -0.1) is 0 Å². The summed E-state index contributed by atoms with van der Waals surface area (Å²) in [6, 6.07) is 4.00. The molecule has 0 bridgehead atoms. The summed E-state index contributed by atoms with van der Waals surface area (Å²) in [4.78, 5) is 4.34. The van der Waals surface area contributed by atoms with Gasteiger partial charge in [0, 0.05) is 44.3 Å². The average molecular weight is 217 g/mol. The van der Waals surface area contributed by atoms with Crippen LogP contribution in [-0.2, 0) is 13.5 Å². The van der Waals surface area contributed by atoms with Crippen LogP contribution in [-0.4, -0.2) is 33.3 Å². The van der Waals surface area contributed by atoms with Gasteiger partial charge in [-0.3, -0.25) is 0 Å². The van der Waals surface area contributed by atoms with Crippen LogP contribution >= 0.6 is 0 Å². The summed E-state index contributed by atoms with van der Waals surface area (Å²) in [5.74, 6) is 0. The minimum Gasteiger partial charge on any atom is -0.387 e. The standard InChI is InChI=1S/C12H15N3O/c1-15-6-9(5-12(16)7-13-8-12)10-3-2-4-14-11(10)15/h2-4,6,13,16H,5,7-8H2,1H3. The molecule has 0 unspecified atom stereocenters. The lowest BCUT2D eigenvalue weighted by molar-refractivity contribution is -0.00877. The van der Waals surface area contributed by atoms with Crippen molar-refractivity contribution in [3.8, 4) is 0 Å². The highest BCUT2D eigenvalue weighted by atomic mass is 16.3. The Balaban J connectivity index is 2.03. The molecular formula is C12H15N3O. The van der Waals surface area contributed by atoms with E-state index in [-0.39, 0.29) is 0 Å². The van der Waals surface area contributed by atoms with Gasteiger partial charge in [-0.1, -0.05) is 0 Å². The number of pyridine rings is 1. The quantitative estimate of drug-likeness (QED) is 0.768. The topological polar surface area (TPSA) is 50.1 Å². The van der Waals surface area contributed by atoms with E-state index in [1.54, 1.807) is 6.20 Å². The van der Waals surface area contributed by atoms with Crippen molar-refractivity contribution in [2.24, 2.45) is 7.05 Å². The minimum absolute atomic E-state index is 0.565. The Labute approximate surface area is 93.9 Å². The summed E-state index contributed by atoms with van der Waals surface area (Å²) in [6.07, 6.45) is 4.56. The highest BCUT2D eigenvalue weighted by Gasteiger charge is 2.35. The van der Waals surface area contributed by atoms with Crippen LogP contribution in [0.3, 0.4) is 0 Å². The van der Waals surface area contributed by atoms with Gasteiger partial charge in [0.25, 0.3) is 0 Å². The molecule has 16 heavy (non-hydrogen) atoms. The molecule has 0 aliphatic carbocycles. The summed E-state index contributed by atoms with van der Waals surface area (Å²) in [6.45, 7) is 1.37. The molecule has 0 aromatic carbocycles. The Morgan fingerprint density at radius 3 is 3.06 bits per heavy atom. The number of fused-ring (bicyclic) bond motifs is 1. The maximum atomic E-state index is 10.1. The number of rotatable bonds is 2. The molecule has 1 fully saturated rings. The number of β-amino-alcohol motifs (C(OH)–C–C–N with tert-alkyl or cyclic N) is 1. The van der Waals surface area contributed by atoms with Crippen LogP contribution in [0.2, 0.25) is 0 Å². The van der Waals surface area contributed by atoms with Crippen LogP contribution in [0.4, 0.5) is 0 Å². The van der Waals surface area contributed by atoms with Crippen molar-refractivity contribution in [2.75, 3.05) is 13.1 Å². The molecule has 2 aromatic rings. The van der Waals surface area contributed by atoms with Gasteiger partial charge in [-0.05, 0) is 17.7 Å². The minimum atomic E-state index is -0.565. The summed E-state index contributed by atoms with van der Waals surface area (Å²) in [5.41, 5.74) is 1.59. The van der Waals surface area contributed by atoms with Crippen molar-refractivity contribution < 1.29 is 5.11 Å². The number of nitrogens with one attached hydrogen (secondary N) is 1. The van der Waals surface area contributed by atoms with Crippen LogP contribution in [0.1, 0.15) is 5.56 Å². The van der Waals surface area contributed by atoms with Gasteiger partial charge in [0.05, 0.1) is 5.60 Å². The normalized spacial score (nSPS) is 18.6. The Bertz CT molecular complexity index is 528. The second-order valence-corrected chi connectivity index (χ2v) is 4.64. The molecule has 4 nitrogen and oxygen atoms in total. The van der Waals surface area contributed by atoms with Crippen LogP contribution in [0.25, 0.3) is 11.0 Å². The molecule has 1 aliphatic rings. The molecule has 1 aliphatic heterocycles. The molecule has 3 rings (SSSR count). The van der Waals surface area contributed by atoms with Crippen molar-refractivity contribution in [1.29, 1.82) is 0 Å². The monoisotopic (exact) mass is 217 g/mol. The van der Waals surface area contributed by atoms with E-state index < -0.39 is 5.60 Å². The first-order chi connectivity index (χ1) is 7.68. The molecule has 1 saturated heterocycles. The lowest BCUT2D eigenvalue weighted by Crippen LogP contribution is -2.60. The maximum Gasteiger partial charge on any atom is 0.139 e. The van der Waals surface area contributed by atoms with E-state index >= 15 is 0 Å². The van der Waals surface area contributed by atoms with Crippen LogP contribution in [0, 0.1) is 0 Å². The van der Waals surface area contributed by atoms with Crippen molar-refractivity contribution in [3.05, 3.63) is 30.1 Å². The predicted octanol–water partition coefficient (Wildman–Crippen LogP) is 0.450. The molecule has 2 N–H and O–H groups in total. The van der Waals surface area contributed by atoms with Crippen molar-refractivity contribution >= 4 is 11.0 Å². The Morgan fingerprint density at radius 2 is 2.38 bits per heavy atom. The van der Waals surface area contributed by atoms with Gasteiger partial charge in [0.15, 0.2) is 0 Å². The predicted molar refractivity (Wildman–Crippen MR) is 62.2 cm³/mol. The molecule has 0 amide bonds. The van der Waals surface area contributed by atoms with E-state index in [0.29, 0.717) is 19.5 Å².